The second-order valence-corrected chi connectivity index (χ2v) is 5.85. The Kier molecular flexibility index (Phi) is 4.24. The van der Waals surface area contributed by atoms with Crippen molar-refractivity contribution in [3.63, 3.8) is 0 Å². The first-order valence-corrected chi connectivity index (χ1v) is 7.78. The van der Waals surface area contributed by atoms with E-state index in [0.717, 1.165) is 17.0 Å². The van der Waals surface area contributed by atoms with Crippen LogP contribution in [-0.2, 0) is 23.2 Å². The summed E-state index contributed by atoms with van der Waals surface area (Å²) in [6.07, 6.45) is -0.852. The fourth-order valence-corrected chi connectivity index (χ4v) is 2.73. The van der Waals surface area contributed by atoms with E-state index in [1.54, 1.807) is 16.8 Å². The standard InChI is InChI=1S/C17H20N4O3/c1-10-12(11(2)21(3)20-10)9-18-16(22)8-15-17(23)19-13-6-4-5-7-14(13)24-15/h4-7,15H,8-9H2,1-3H3,(H,18,22)(H,19,23). The molecule has 3 rings (SSSR count). The Morgan fingerprint density at radius 1 is 1.38 bits per heavy atom. The predicted molar refractivity (Wildman–Crippen MR) is 88.6 cm³/mol. The van der Waals surface area contributed by atoms with Gasteiger partial charge in [0.05, 0.1) is 17.8 Å². The normalized spacial score (nSPS) is 16.1. The molecule has 2 aromatic rings. The number of amides is 2. The van der Waals surface area contributed by atoms with Gasteiger partial charge in [-0.25, -0.2) is 0 Å². The number of aromatic nitrogens is 2. The third-order valence-electron chi connectivity index (χ3n) is 4.20. The molecule has 0 radical (unpaired) electrons. The number of para-hydroxylation sites is 2. The van der Waals surface area contributed by atoms with Crippen molar-refractivity contribution in [2.45, 2.75) is 32.9 Å². The summed E-state index contributed by atoms with van der Waals surface area (Å²) in [6.45, 7) is 4.24. The van der Waals surface area contributed by atoms with Gasteiger partial charge in [-0.3, -0.25) is 14.3 Å². The molecule has 2 heterocycles. The van der Waals surface area contributed by atoms with Crippen LogP contribution in [-0.4, -0.2) is 27.7 Å². The Hall–Kier alpha value is -2.83. The van der Waals surface area contributed by atoms with Gasteiger partial charge in [0.2, 0.25) is 5.91 Å². The maximum Gasteiger partial charge on any atom is 0.266 e. The molecule has 1 unspecified atom stereocenters. The summed E-state index contributed by atoms with van der Waals surface area (Å²) in [5, 5.41) is 9.90. The lowest BCUT2D eigenvalue weighted by Crippen LogP contribution is -2.40. The highest BCUT2D eigenvalue weighted by Crippen LogP contribution is 2.29. The molecule has 1 aromatic carbocycles. The molecule has 0 saturated carbocycles. The molecule has 24 heavy (non-hydrogen) atoms. The maximum absolute atomic E-state index is 12.2. The number of aryl methyl sites for hydroxylation is 2. The van der Waals surface area contributed by atoms with E-state index in [9.17, 15) is 9.59 Å². The summed E-state index contributed by atoms with van der Waals surface area (Å²) >= 11 is 0. The van der Waals surface area contributed by atoms with Gasteiger partial charge in [-0.1, -0.05) is 12.1 Å². The second-order valence-electron chi connectivity index (χ2n) is 5.85. The number of nitrogens with one attached hydrogen (secondary N) is 2. The molecule has 0 fully saturated rings. The van der Waals surface area contributed by atoms with Crippen LogP contribution in [0.5, 0.6) is 5.75 Å². The largest absolute Gasteiger partial charge is 0.478 e. The van der Waals surface area contributed by atoms with Crippen LogP contribution in [0.2, 0.25) is 0 Å². The lowest BCUT2D eigenvalue weighted by Gasteiger charge is -2.25. The number of fused-ring (bicyclic) bond motifs is 1. The lowest BCUT2D eigenvalue weighted by molar-refractivity contribution is -0.130. The van der Waals surface area contributed by atoms with Crippen molar-refractivity contribution in [2.24, 2.45) is 7.05 Å². The van der Waals surface area contributed by atoms with Crippen molar-refractivity contribution in [1.29, 1.82) is 0 Å². The number of rotatable bonds is 4. The summed E-state index contributed by atoms with van der Waals surface area (Å²) in [5.41, 5.74) is 3.51. The van der Waals surface area contributed by atoms with Gasteiger partial charge >= 0.3 is 0 Å². The average Bonchev–Trinajstić information content (AvgIpc) is 2.79. The minimum atomic E-state index is -0.823. The fourth-order valence-electron chi connectivity index (χ4n) is 2.73. The molecule has 0 aliphatic carbocycles. The van der Waals surface area contributed by atoms with Gasteiger partial charge in [0, 0.05) is 24.8 Å². The van der Waals surface area contributed by atoms with Crippen LogP contribution in [0.1, 0.15) is 23.4 Å². The zero-order chi connectivity index (χ0) is 17.3. The number of hydrogen-bond acceptors (Lipinski definition) is 4. The number of carbonyl (C=O) groups excluding carboxylic acids is 2. The second kappa shape index (κ2) is 6.35. The van der Waals surface area contributed by atoms with E-state index in [0.29, 0.717) is 18.0 Å². The topological polar surface area (TPSA) is 85.2 Å². The molecular formula is C17H20N4O3. The number of ether oxygens (including phenoxy) is 1. The summed E-state index contributed by atoms with van der Waals surface area (Å²) in [7, 11) is 1.87. The van der Waals surface area contributed by atoms with Crippen LogP contribution in [0.4, 0.5) is 5.69 Å². The smallest absolute Gasteiger partial charge is 0.266 e. The SMILES string of the molecule is Cc1nn(C)c(C)c1CNC(=O)CC1Oc2ccccc2NC1=O. The van der Waals surface area contributed by atoms with E-state index in [1.807, 2.05) is 33.0 Å². The Morgan fingerprint density at radius 3 is 2.83 bits per heavy atom. The van der Waals surface area contributed by atoms with E-state index in [4.69, 9.17) is 4.74 Å². The summed E-state index contributed by atoms with van der Waals surface area (Å²) < 4.78 is 7.41. The van der Waals surface area contributed by atoms with Crippen LogP contribution in [0.25, 0.3) is 0 Å². The Labute approximate surface area is 140 Å². The minimum absolute atomic E-state index is 0.0292. The van der Waals surface area contributed by atoms with Crippen LogP contribution in [0.15, 0.2) is 24.3 Å². The van der Waals surface area contributed by atoms with Gasteiger partial charge in [-0.05, 0) is 26.0 Å². The van der Waals surface area contributed by atoms with E-state index >= 15 is 0 Å². The molecule has 0 spiro atoms. The molecule has 1 aliphatic heterocycles. The van der Waals surface area contributed by atoms with Gasteiger partial charge in [0.1, 0.15) is 5.75 Å². The van der Waals surface area contributed by atoms with E-state index in [-0.39, 0.29) is 18.2 Å². The molecule has 1 atom stereocenters. The molecular weight excluding hydrogens is 308 g/mol. The number of carbonyl (C=O) groups is 2. The Balaban J connectivity index is 1.60. The highest BCUT2D eigenvalue weighted by Gasteiger charge is 2.29. The summed E-state index contributed by atoms with van der Waals surface area (Å²) in [6, 6.07) is 7.16. The molecule has 0 saturated heterocycles. The molecule has 1 aromatic heterocycles. The number of nitrogens with zero attached hydrogens (tertiary/aromatic N) is 2. The van der Waals surface area contributed by atoms with Crippen molar-refractivity contribution in [3.8, 4) is 5.75 Å². The van der Waals surface area contributed by atoms with Gasteiger partial charge in [-0.2, -0.15) is 5.10 Å². The molecule has 7 nitrogen and oxygen atoms in total. The third kappa shape index (κ3) is 3.10. The minimum Gasteiger partial charge on any atom is -0.478 e. The molecule has 2 N–H and O–H groups in total. The predicted octanol–water partition coefficient (Wildman–Crippen LogP) is 1.44. The number of benzene rings is 1. The van der Waals surface area contributed by atoms with Crippen molar-refractivity contribution >= 4 is 17.5 Å². The maximum atomic E-state index is 12.2. The first-order valence-electron chi connectivity index (χ1n) is 7.78. The first kappa shape index (κ1) is 16.0. The van der Waals surface area contributed by atoms with E-state index in [1.165, 1.54) is 0 Å². The zero-order valence-electron chi connectivity index (χ0n) is 13.9. The van der Waals surface area contributed by atoms with Gasteiger partial charge in [0.25, 0.3) is 5.91 Å². The van der Waals surface area contributed by atoms with Crippen LogP contribution in [0.3, 0.4) is 0 Å². The zero-order valence-corrected chi connectivity index (χ0v) is 13.9. The van der Waals surface area contributed by atoms with Crippen molar-refractivity contribution in [2.75, 3.05) is 5.32 Å². The fraction of sp³-hybridized carbons (Fsp3) is 0.353. The van der Waals surface area contributed by atoms with E-state index in [2.05, 4.69) is 15.7 Å². The molecule has 1 aliphatic rings. The molecule has 126 valence electrons. The summed E-state index contributed by atoms with van der Waals surface area (Å²) in [5.74, 6) is 0.0311. The first-order chi connectivity index (χ1) is 11.5. The van der Waals surface area contributed by atoms with Crippen molar-refractivity contribution in [1.82, 2.24) is 15.1 Å². The Morgan fingerprint density at radius 2 is 2.12 bits per heavy atom. The quantitative estimate of drug-likeness (QED) is 0.889. The third-order valence-corrected chi connectivity index (χ3v) is 4.20. The Bertz CT molecular complexity index is 797. The van der Waals surface area contributed by atoms with Gasteiger partial charge < -0.3 is 15.4 Å². The van der Waals surface area contributed by atoms with Crippen molar-refractivity contribution < 1.29 is 14.3 Å². The van der Waals surface area contributed by atoms with Crippen LogP contribution in [0, 0.1) is 13.8 Å². The van der Waals surface area contributed by atoms with E-state index < -0.39 is 6.10 Å². The van der Waals surface area contributed by atoms with Crippen LogP contribution >= 0.6 is 0 Å². The number of anilines is 1. The van der Waals surface area contributed by atoms with Gasteiger partial charge in [0.15, 0.2) is 6.10 Å². The summed E-state index contributed by atoms with van der Waals surface area (Å²) in [4.78, 5) is 24.2. The van der Waals surface area contributed by atoms with Gasteiger partial charge in [-0.15, -0.1) is 0 Å². The highest BCUT2D eigenvalue weighted by atomic mass is 16.5. The molecule has 2 amide bonds. The highest BCUT2D eigenvalue weighted by molar-refractivity contribution is 5.99. The van der Waals surface area contributed by atoms with Crippen LogP contribution < -0.4 is 15.4 Å². The number of hydrogen-bond donors (Lipinski definition) is 2. The lowest BCUT2D eigenvalue weighted by atomic mass is 10.1. The average molecular weight is 328 g/mol. The monoisotopic (exact) mass is 328 g/mol. The molecule has 0 bridgehead atoms. The van der Waals surface area contributed by atoms with Crippen molar-refractivity contribution in [3.05, 3.63) is 41.2 Å². The molecule has 7 heteroatoms.